The van der Waals surface area contributed by atoms with Crippen molar-refractivity contribution in [1.29, 1.82) is 0 Å². The standard InChI is InChI=1S/C21H20IN5O3/c1-26-7-4-11(5-8-26)27-20(28)12-9-15-16(10-13(12)21(27)29)25-18(24-15)17-14(22)3-6-23-19(17)30-2/h3,6,9-11H,4-5,7-8H2,1-2H3,(H,24,25). The number of aromatic nitrogens is 3. The van der Waals surface area contributed by atoms with Gasteiger partial charge in [0.2, 0.25) is 5.88 Å². The lowest BCUT2D eigenvalue weighted by molar-refractivity contribution is 0.0516. The van der Waals surface area contributed by atoms with E-state index in [2.05, 4.69) is 49.5 Å². The fourth-order valence-electron chi connectivity index (χ4n) is 4.26. The quantitative estimate of drug-likeness (QED) is 0.425. The van der Waals surface area contributed by atoms with Crippen LogP contribution in [0.3, 0.4) is 0 Å². The average Bonchev–Trinajstić information content (AvgIpc) is 3.25. The van der Waals surface area contributed by atoms with Crippen molar-refractivity contribution in [2.24, 2.45) is 0 Å². The van der Waals surface area contributed by atoms with E-state index in [1.165, 1.54) is 4.90 Å². The number of pyridine rings is 1. The Hall–Kier alpha value is -2.53. The van der Waals surface area contributed by atoms with Gasteiger partial charge in [-0.3, -0.25) is 14.5 Å². The van der Waals surface area contributed by atoms with E-state index in [4.69, 9.17) is 4.74 Å². The molecule has 1 fully saturated rings. The van der Waals surface area contributed by atoms with E-state index < -0.39 is 0 Å². The van der Waals surface area contributed by atoms with Crippen LogP contribution in [0.2, 0.25) is 0 Å². The first-order valence-electron chi connectivity index (χ1n) is 9.77. The van der Waals surface area contributed by atoms with Crippen molar-refractivity contribution >= 4 is 45.4 Å². The van der Waals surface area contributed by atoms with E-state index in [1.54, 1.807) is 25.4 Å². The number of H-pyrrole nitrogens is 1. The fraction of sp³-hybridized carbons (Fsp3) is 0.333. The maximum absolute atomic E-state index is 13.1. The molecule has 2 aliphatic rings. The van der Waals surface area contributed by atoms with Crippen LogP contribution in [-0.4, -0.2) is 69.9 Å². The van der Waals surface area contributed by atoms with Gasteiger partial charge in [-0.15, -0.1) is 0 Å². The molecule has 4 heterocycles. The van der Waals surface area contributed by atoms with Gasteiger partial charge in [-0.1, -0.05) is 0 Å². The van der Waals surface area contributed by atoms with Crippen molar-refractivity contribution < 1.29 is 14.3 Å². The molecule has 0 saturated carbocycles. The SMILES string of the molecule is COc1nccc(I)c1-c1nc2cc3c(cc2[nH]1)C(=O)N(C1CCN(C)CC1)C3=O. The predicted octanol–water partition coefficient (Wildman–Crippen LogP) is 2.93. The summed E-state index contributed by atoms with van der Waals surface area (Å²) in [6, 6.07) is 5.29. The zero-order chi connectivity index (χ0) is 21.0. The Bertz CT molecular complexity index is 1130. The second-order valence-electron chi connectivity index (χ2n) is 7.69. The third-order valence-corrected chi connectivity index (χ3v) is 6.77. The predicted molar refractivity (Wildman–Crippen MR) is 120 cm³/mol. The van der Waals surface area contributed by atoms with Crippen LogP contribution in [-0.2, 0) is 0 Å². The van der Waals surface area contributed by atoms with E-state index in [-0.39, 0.29) is 17.9 Å². The molecular formula is C21H20IN5O3. The first kappa shape index (κ1) is 19.4. The first-order chi connectivity index (χ1) is 14.5. The van der Waals surface area contributed by atoms with E-state index in [9.17, 15) is 9.59 Å². The van der Waals surface area contributed by atoms with Crippen LogP contribution in [0, 0.1) is 3.57 Å². The lowest BCUT2D eigenvalue weighted by atomic mass is 10.0. The second kappa shape index (κ2) is 7.31. The number of imidazole rings is 1. The highest BCUT2D eigenvalue weighted by atomic mass is 127. The van der Waals surface area contributed by atoms with Crippen molar-refractivity contribution in [3.63, 3.8) is 0 Å². The first-order valence-corrected chi connectivity index (χ1v) is 10.8. The molecule has 0 radical (unpaired) electrons. The normalized spacial score (nSPS) is 17.8. The van der Waals surface area contributed by atoms with Crippen LogP contribution in [0.5, 0.6) is 5.88 Å². The molecule has 1 N–H and O–H groups in total. The number of imide groups is 1. The number of nitrogens with one attached hydrogen (secondary N) is 1. The van der Waals surface area contributed by atoms with Gasteiger partial charge in [-0.2, -0.15) is 0 Å². The number of amides is 2. The summed E-state index contributed by atoms with van der Waals surface area (Å²) in [7, 11) is 3.62. The monoisotopic (exact) mass is 517 g/mol. The molecule has 154 valence electrons. The molecule has 2 aromatic heterocycles. The lowest BCUT2D eigenvalue weighted by Gasteiger charge is -2.33. The number of piperidine rings is 1. The Balaban J connectivity index is 1.54. The summed E-state index contributed by atoms with van der Waals surface area (Å²) in [6.07, 6.45) is 3.29. The highest BCUT2D eigenvalue weighted by molar-refractivity contribution is 14.1. The largest absolute Gasteiger partial charge is 0.480 e. The van der Waals surface area contributed by atoms with Gasteiger partial charge in [-0.05, 0) is 73.8 Å². The Kier molecular flexibility index (Phi) is 4.73. The molecule has 0 aliphatic carbocycles. The molecule has 1 saturated heterocycles. The zero-order valence-electron chi connectivity index (χ0n) is 16.6. The van der Waals surface area contributed by atoms with Crippen LogP contribution < -0.4 is 4.74 Å². The average molecular weight is 517 g/mol. The van der Waals surface area contributed by atoms with Crippen LogP contribution in [0.25, 0.3) is 22.4 Å². The third kappa shape index (κ3) is 2.99. The molecule has 2 aliphatic heterocycles. The molecule has 8 nitrogen and oxygen atoms in total. The smallest absolute Gasteiger partial charge is 0.261 e. The summed E-state index contributed by atoms with van der Waals surface area (Å²) in [5, 5.41) is 0. The Morgan fingerprint density at radius 3 is 2.57 bits per heavy atom. The minimum absolute atomic E-state index is 0.0447. The van der Waals surface area contributed by atoms with Crippen molar-refractivity contribution in [3.8, 4) is 17.3 Å². The third-order valence-electron chi connectivity index (χ3n) is 5.87. The molecule has 9 heteroatoms. The fourth-order valence-corrected chi connectivity index (χ4v) is 4.90. The summed E-state index contributed by atoms with van der Waals surface area (Å²) in [5.74, 6) is 0.630. The van der Waals surface area contributed by atoms with E-state index in [0.717, 1.165) is 35.1 Å². The number of halogens is 1. The van der Waals surface area contributed by atoms with Crippen molar-refractivity contribution in [2.45, 2.75) is 18.9 Å². The highest BCUT2D eigenvalue weighted by Gasteiger charge is 2.41. The maximum Gasteiger partial charge on any atom is 0.261 e. The number of hydrogen-bond acceptors (Lipinski definition) is 6. The Labute approximate surface area is 186 Å². The van der Waals surface area contributed by atoms with Crippen LogP contribution >= 0.6 is 22.6 Å². The molecule has 2 amide bonds. The summed E-state index contributed by atoms with van der Waals surface area (Å²) in [5.41, 5.74) is 2.96. The zero-order valence-corrected chi connectivity index (χ0v) is 18.8. The van der Waals surface area contributed by atoms with Crippen LogP contribution in [0.1, 0.15) is 33.6 Å². The molecule has 0 unspecified atom stereocenters. The molecule has 1 aromatic carbocycles. The van der Waals surface area contributed by atoms with E-state index in [0.29, 0.717) is 33.9 Å². The van der Waals surface area contributed by atoms with Crippen LogP contribution in [0.4, 0.5) is 0 Å². The van der Waals surface area contributed by atoms with Gasteiger partial charge in [0.25, 0.3) is 11.8 Å². The minimum Gasteiger partial charge on any atom is -0.480 e. The lowest BCUT2D eigenvalue weighted by Crippen LogP contribution is -2.46. The van der Waals surface area contributed by atoms with Gasteiger partial charge >= 0.3 is 0 Å². The topological polar surface area (TPSA) is 91.4 Å². The highest BCUT2D eigenvalue weighted by Crippen LogP contribution is 2.35. The number of benzene rings is 1. The minimum atomic E-state index is -0.218. The van der Waals surface area contributed by atoms with Gasteiger partial charge in [0, 0.05) is 15.8 Å². The molecule has 30 heavy (non-hydrogen) atoms. The Morgan fingerprint density at radius 1 is 1.17 bits per heavy atom. The number of ether oxygens (including phenoxy) is 1. The van der Waals surface area contributed by atoms with Gasteiger partial charge in [0.05, 0.1) is 34.8 Å². The molecule has 3 aromatic rings. The molecule has 0 atom stereocenters. The van der Waals surface area contributed by atoms with Gasteiger partial charge < -0.3 is 14.6 Å². The maximum atomic E-state index is 13.1. The summed E-state index contributed by atoms with van der Waals surface area (Å²) >= 11 is 2.21. The number of carbonyl (C=O) groups excluding carboxylic acids is 2. The number of rotatable bonds is 3. The van der Waals surface area contributed by atoms with Crippen molar-refractivity contribution in [3.05, 3.63) is 39.1 Å². The van der Waals surface area contributed by atoms with Crippen LogP contribution in [0.15, 0.2) is 24.4 Å². The summed E-state index contributed by atoms with van der Waals surface area (Å²) < 4.78 is 6.32. The van der Waals surface area contributed by atoms with Gasteiger partial charge in [0.15, 0.2) is 0 Å². The van der Waals surface area contributed by atoms with E-state index >= 15 is 0 Å². The van der Waals surface area contributed by atoms with Gasteiger partial charge in [0.1, 0.15) is 5.82 Å². The molecule has 0 spiro atoms. The van der Waals surface area contributed by atoms with Gasteiger partial charge in [-0.25, -0.2) is 9.97 Å². The van der Waals surface area contributed by atoms with Crippen molar-refractivity contribution in [1.82, 2.24) is 24.8 Å². The molecule has 0 bridgehead atoms. The Morgan fingerprint density at radius 2 is 1.87 bits per heavy atom. The number of aromatic amines is 1. The summed E-state index contributed by atoms with van der Waals surface area (Å²) in [6.45, 7) is 1.77. The number of fused-ring (bicyclic) bond motifs is 2. The molecule has 5 rings (SSSR count). The van der Waals surface area contributed by atoms with E-state index in [1.807, 2.05) is 6.07 Å². The second-order valence-corrected chi connectivity index (χ2v) is 8.85. The summed E-state index contributed by atoms with van der Waals surface area (Å²) in [4.78, 5) is 42.0. The number of nitrogens with zero attached hydrogens (tertiary/aromatic N) is 4. The number of methoxy groups -OCH3 is 1. The number of hydrogen-bond donors (Lipinski definition) is 1. The number of likely N-dealkylation sites (tertiary alicyclic amines) is 1. The van der Waals surface area contributed by atoms with Crippen molar-refractivity contribution in [2.75, 3.05) is 27.2 Å². The molecular weight excluding hydrogens is 497 g/mol. The number of carbonyl (C=O) groups is 2.